The van der Waals surface area contributed by atoms with Gasteiger partial charge in [-0.05, 0) is 31.9 Å². The van der Waals surface area contributed by atoms with Gasteiger partial charge in [-0.3, -0.25) is 10.2 Å². The van der Waals surface area contributed by atoms with Gasteiger partial charge < -0.3 is 9.84 Å². The molecule has 0 aliphatic heterocycles. The van der Waals surface area contributed by atoms with E-state index in [4.69, 9.17) is 15.7 Å². The number of nitrogens with one attached hydrogen (secondary N) is 1. The standard InChI is InChI=1S/C7H6Br2N2O4S/c8-3-4(15-1-2(12)13)5(7(14)11-10)16-6(3)9/h1,10H2,(H,11,14)(H,12,13). The fourth-order valence-electron chi connectivity index (χ4n) is 0.848. The largest absolute Gasteiger partial charge is 0.479 e. The van der Waals surface area contributed by atoms with Crippen molar-refractivity contribution in [1.29, 1.82) is 0 Å². The Balaban J connectivity index is 3.04. The molecular formula is C7H6Br2N2O4S. The molecule has 0 aromatic carbocycles. The second kappa shape index (κ2) is 5.62. The monoisotopic (exact) mass is 372 g/mol. The zero-order chi connectivity index (χ0) is 12.3. The van der Waals surface area contributed by atoms with Crippen LogP contribution in [0.2, 0.25) is 0 Å². The van der Waals surface area contributed by atoms with Crippen molar-refractivity contribution in [1.82, 2.24) is 5.43 Å². The molecule has 0 aliphatic rings. The second-order valence-electron chi connectivity index (χ2n) is 2.50. The molecule has 0 spiro atoms. The Morgan fingerprint density at radius 2 is 2.12 bits per heavy atom. The molecule has 0 radical (unpaired) electrons. The summed E-state index contributed by atoms with van der Waals surface area (Å²) in [5.74, 6) is 3.47. The Kier molecular flexibility index (Phi) is 4.71. The van der Waals surface area contributed by atoms with Gasteiger partial charge in [-0.15, -0.1) is 11.3 Å². The number of nitrogens with two attached hydrogens (primary N) is 1. The smallest absolute Gasteiger partial charge is 0.341 e. The first kappa shape index (κ1) is 13.4. The Hall–Kier alpha value is -0.640. The van der Waals surface area contributed by atoms with E-state index < -0.39 is 18.5 Å². The number of thiophene rings is 1. The van der Waals surface area contributed by atoms with Crippen LogP contribution in [0.25, 0.3) is 0 Å². The summed E-state index contributed by atoms with van der Waals surface area (Å²) in [5.41, 5.74) is 1.95. The van der Waals surface area contributed by atoms with Crippen molar-refractivity contribution in [2.24, 2.45) is 5.84 Å². The normalized spacial score (nSPS) is 9.94. The molecule has 16 heavy (non-hydrogen) atoms. The van der Waals surface area contributed by atoms with Gasteiger partial charge >= 0.3 is 5.97 Å². The Labute approximate surface area is 111 Å². The third-order valence-corrected chi connectivity index (χ3v) is 4.84. The molecule has 1 aromatic heterocycles. The summed E-state index contributed by atoms with van der Waals surface area (Å²) in [5, 5.41) is 8.49. The minimum atomic E-state index is -1.13. The van der Waals surface area contributed by atoms with Gasteiger partial charge in [-0.2, -0.15) is 0 Å². The van der Waals surface area contributed by atoms with Crippen LogP contribution in [-0.2, 0) is 4.79 Å². The molecule has 1 heterocycles. The van der Waals surface area contributed by atoms with E-state index in [1.54, 1.807) is 0 Å². The van der Waals surface area contributed by atoms with Gasteiger partial charge in [-0.1, -0.05) is 0 Å². The van der Waals surface area contributed by atoms with E-state index in [2.05, 4.69) is 31.9 Å². The zero-order valence-electron chi connectivity index (χ0n) is 7.62. The molecule has 1 amide bonds. The van der Waals surface area contributed by atoms with Crippen molar-refractivity contribution in [3.63, 3.8) is 0 Å². The van der Waals surface area contributed by atoms with Crippen molar-refractivity contribution >= 4 is 55.1 Å². The number of carboxylic acid groups (broad SMARTS) is 1. The first-order valence-corrected chi connectivity index (χ1v) is 6.21. The van der Waals surface area contributed by atoms with Gasteiger partial charge in [0.1, 0.15) is 4.88 Å². The number of carbonyl (C=O) groups is 2. The van der Waals surface area contributed by atoms with Gasteiger partial charge in [0.25, 0.3) is 5.91 Å². The maximum absolute atomic E-state index is 11.3. The second-order valence-corrected chi connectivity index (χ2v) is 5.64. The number of halogens is 2. The van der Waals surface area contributed by atoms with Crippen molar-refractivity contribution in [3.05, 3.63) is 13.1 Å². The van der Waals surface area contributed by atoms with E-state index in [1.165, 1.54) is 0 Å². The molecule has 6 nitrogen and oxygen atoms in total. The molecule has 4 N–H and O–H groups in total. The van der Waals surface area contributed by atoms with E-state index >= 15 is 0 Å². The average molecular weight is 374 g/mol. The van der Waals surface area contributed by atoms with Gasteiger partial charge in [-0.25, -0.2) is 10.6 Å². The summed E-state index contributed by atoms with van der Waals surface area (Å²) in [6.45, 7) is -0.535. The number of carboxylic acids is 1. The zero-order valence-corrected chi connectivity index (χ0v) is 11.6. The highest BCUT2D eigenvalue weighted by Gasteiger charge is 2.22. The minimum absolute atomic E-state index is 0.155. The molecule has 0 saturated carbocycles. The van der Waals surface area contributed by atoms with Crippen molar-refractivity contribution in [3.8, 4) is 5.75 Å². The molecule has 1 rings (SSSR count). The van der Waals surface area contributed by atoms with E-state index in [-0.39, 0.29) is 10.6 Å². The number of hydrazine groups is 1. The minimum Gasteiger partial charge on any atom is -0.479 e. The van der Waals surface area contributed by atoms with Gasteiger partial charge in [0.2, 0.25) is 0 Å². The molecule has 0 unspecified atom stereocenters. The fourth-order valence-corrected chi connectivity index (χ4v) is 2.97. The van der Waals surface area contributed by atoms with Gasteiger partial charge in [0, 0.05) is 0 Å². The van der Waals surface area contributed by atoms with Crippen LogP contribution < -0.4 is 16.0 Å². The molecule has 0 fully saturated rings. The third-order valence-electron chi connectivity index (χ3n) is 1.45. The Bertz CT molecular complexity index is 434. The summed E-state index contributed by atoms with van der Waals surface area (Å²) in [7, 11) is 0. The molecule has 0 atom stereocenters. The predicted molar refractivity (Wildman–Crippen MR) is 64.5 cm³/mol. The number of carbonyl (C=O) groups excluding carboxylic acids is 1. The van der Waals surface area contributed by atoms with Crippen LogP contribution in [0.3, 0.4) is 0 Å². The van der Waals surface area contributed by atoms with Crippen LogP contribution in [0.15, 0.2) is 8.26 Å². The quantitative estimate of drug-likeness (QED) is 0.420. The van der Waals surface area contributed by atoms with Crippen molar-refractivity contribution in [2.45, 2.75) is 0 Å². The van der Waals surface area contributed by atoms with Gasteiger partial charge in [0.05, 0.1) is 8.26 Å². The lowest BCUT2D eigenvalue weighted by molar-refractivity contribution is -0.139. The summed E-state index contributed by atoms with van der Waals surface area (Å²) in [6.07, 6.45) is 0. The molecule has 9 heteroatoms. The summed E-state index contributed by atoms with van der Waals surface area (Å²) in [4.78, 5) is 21.9. The summed E-state index contributed by atoms with van der Waals surface area (Å²) in [6, 6.07) is 0. The first-order valence-electron chi connectivity index (χ1n) is 3.80. The average Bonchev–Trinajstić information content (AvgIpc) is 2.52. The Morgan fingerprint density at radius 3 is 2.62 bits per heavy atom. The van der Waals surface area contributed by atoms with Crippen LogP contribution in [0.4, 0.5) is 0 Å². The van der Waals surface area contributed by atoms with Crippen LogP contribution in [-0.4, -0.2) is 23.6 Å². The highest BCUT2D eigenvalue weighted by Crippen LogP contribution is 2.43. The highest BCUT2D eigenvalue weighted by atomic mass is 79.9. The summed E-state index contributed by atoms with van der Waals surface area (Å²) >= 11 is 7.45. The van der Waals surface area contributed by atoms with Crippen molar-refractivity contribution in [2.75, 3.05) is 6.61 Å². The molecular weight excluding hydrogens is 368 g/mol. The maximum atomic E-state index is 11.3. The van der Waals surface area contributed by atoms with E-state index in [0.717, 1.165) is 11.3 Å². The van der Waals surface area contributed by atoms with E-state index in [1.807, 2.05) is 5.43 Å². The van der Waals surface area contributed by atoms with Crippen LogP contribution in [0, 0.1) is 0 Å². The number of amides is 1. The Morgan fingerprint density at radius 1 is 1.50 bits per heavy atom. The summed E-state index contributed by atoms with van der Waals surface area (Å²) < 4.78 is 6.09. The number of hydrogen-bond donors (Lipinski definition) is 3. The number of aliphatic carboxylic acids is 1. The molecule has 88 valence electrons. The number of rotatable bonds is 4. The molecule has 1 aromatic rings. The highest BCUT2D eigenvalue weighted by molar-refractivity contribution is 9.13. The third kappa shape index (κ3) is 2.94. The van der Waals surface area contributed by atoms with E-state index in [9.17, 15) is 9.59 Å². The maximum Gasteiger partial charge on any atom is 0.341 e. The van der Waals surface area contributed by atoms with Gasteiger partial charge in [0.15, 0.2) is 12.4 Å². The van der Waals surface area contributed by atoms with Crippen LogP contribution in [0.1, 0.15) is 9.67 Å². The van der Waals surface area contributed by atoms with Crippen LogP contribution >= 0.6 is 43.2 Å². The van der Waals surface area contributed by atoms with Crippen molar-refractivity contribution < 1.29 is 19.4 Å². The fraction of sp³-hybridized carbons (Fsp3) is 0.143. The number of hydrogen-bond acceptors (Lipinski definition) is 5. The lowest BCUT2D eigenvalue weighted by atomic mass is 10.4. The van der Waals surface area contributed by atoms with E-state index in [0.29, 0.717) is 8.26 Å². The molecule has 0 aliphatic carbocycles. The van der Waals surface area contributed by atoms with Crippen LogP contribution in [0.5, 0.6) is 5.75 Å². The molecule has 0 saturated heterocycles. The number of nitrogen functional groups attached to an aromatic ring is 1. The number of ether oxygens (including phenoxy) is 1. The first-order chi connectivity index (χ1) is 7.47. The predicted octanol–water partition coefficient (Wildman–Crippen LogP) is 1.34. The lowest BCUT2D eigenvalue weighted by Gasteiger charge is -2.04. The SMILES string of the molecule is NNC(=O)c1sc(Br)c(Br)c1OCC(=O)O. The molecule has 0 bridgehead atoms. The lowest BCUT2D eigenvalue weighted by Crippen LogP contribution is -2.29. The topological polar surface area (TPSA) is 102 Å².